The van der Waals surface area contributed by atoms with Gasteiger partial charge in [-0.2, -0.15) is 0 Å². The first-order chi connectivity index (χ1) is 7.49. The van der Waals surface area contributed by atoms with Gasteiger partial charge in [0.1, 0.15) is 0 Å². The van der Waals surface area contributed by atoms with Crippen molar-refractivity contribution in [2.24, 2.45) is 0 Å². The highest BCUT2D eigenvalue weighted by molar-refractivity contribution is 5.88. The van der Waals surface area contributed by atoms with Crippen LogP contribution in [0.15, 0.2) is 12.2 Å². The van der Waals surface area contributed by atoms with Crippen LogP contribution in [0.4, 0.5) is 0 Å². The van der Waals surface area contributed by atoms with Crippen LogP contribution in [-0.4, -0.2) is 36.4 Å². The minimum absolute atomic E-state index is 0.128. The number of rotatable bonds is 8. The fourth-order valence-corrected chi connectivity index (χ4v) is 1.26. The molecule has 0 aliphatic rings. The first-order valence-corrected chi connectivity index (χ1v) is 5.70. The summed E-state index contributed by atoms with van der Waals surface area (Å²) < 4.78 is 4.83. The monoisotopic (exact) mass is 229 g/mol. The van der Waals surface area contributed by atoms with Crippen LogP contribution >= 0.6 is 0 Å². The smallest absolute Gasteiger partial charge is 0.334 e. The summed E-state index contributed by atoms with van der Waals surface area (Å²) in [7, 11) is 0. The fraction of sp³-hybridized carbons (Fsp3) is 0.750. The molecular formula is C12H23NO3. The van der Waals surface area contributed by atoms with Crippen LogP contribution in [-0.2, 0) is 9.53 Å². The summed E-state index contributed by atoms with van der Waals surface area (Å²) in [4.78, 5) is 11.3. The summed E-state index contributed by atoms with van der Waals surface area (Å²) in [6, 6.07) is 0. The standard InChI is InChI=1S/C12H23NO3/c1-5-12(4,7-8-14)13-9-10(3)11(15)16-6-2/h13-14H,3,5-9H2,1-2,4H3. The van der Waals surface area contributed by atoms with Gasteiger partial charge in [-0.1, -0.05) is 13.5 Å². The molecule has 0 aromatic rings. The van der Waals surface area contributed by atoms with E-state index in [1.54, 1.807) is 6.92 Å². The molecule has 0 heterocycles. The molecule has 0 spiro atoms. The lowest BCUT2D eigenvalue weighted by Crippen LogP contribution is -2.44. The van der Waals surface area contributed by atoms with Crippen LogP contribution in [0, 0.1) is 0 Å². The van der Waals surface area contributed by atoms with E-state index in [2.05, 4.69) is 11.9 Å². The molecular weight excluding hydrogens is 206 g/mol. The largest absolute Gasteiger partial charge is 0.463 e. The third-order valence-electron chi connectivity index (χ3n) is 2.74. The molecule has 4 nitrogen and oxygen atoms in total. The molecule has 16 heavy (non-hydrogen) atoms. The highest BCUT2D eigenvalue weighted by Crippen LogP contribution is 2.13. The molecule has 94 valence electrons. The maximum absolute atomic E-state index is 11.3. The quantitative estimate of drug-likeness (QED) is 0.486. The Morgan fingerprint density at radius 2 is 2.12 bits per heavy atom. The second kappa shape index (κ2) is 7.41. The highest BCUT2D eigenvalue weighted by Gasteiger charge is 2.21. The van der Waals surface area contributed by atoms with E-state index in [0.717, 1.165) is 6.42 Å². The predicted molar refractivity (Wildman–Crippen MR) is 64.2 cm³/mol. The van der Waals surface area contributed by atoms with Crippen molar-refractivity contribution in [2.45, 2.75) is 39.2 Å². The number of esters is 1. The Hall–Kier alpha value is -0.870. The minimum atomic E-state index is -0.363. The maximum Gasteiger partial charge on any atom is 0.334 e. The van der Waals surface area contributed by atoms with E-state index in [-0.39, 0.29) is 18.1 Å². The Balaban J connectivity index is 4.11. The van der Waals surface area contributed by atoms with E-state index in [9.17, 15) is 4.79 Å². The van der Waals surface area contributed by atoms with Crippen molar-refractivity contribution in [3.05, 3.63) is 12.2 Å². The summed E-state index contributed by atoms with van der Waals surface area (Å²) in [5.41, 5.74) is 0.254. The zero-order valence-electron chi connectivity index (χ0n) is 10.5. The van der Waals surface area contributed by atoms with Crippen LogP contribution in [0.25, 0.3) is 0 Å². The molecule has 0 rings (SSSR count). The van der Waals surface area contributed by atoms with E-state index >= 15 is 0 Å². The molecule has 0 aliphatic heterocycles. The average molecular weight is 229 g/mol. The SMILES string of the molecule is C=C(CNC(C)(CC)CCO)C(=O)OCC. The molecule has 0 aliphatic carbocycles. The van der Waals surface area contributed by atoms with Crippen molar-refractivity contribution in [1.82, 2.24) is 5.32 Å². The molecule has 0 bridgehead atoms. The van der Waals surface area contributed by atoms with Crippen LogP contribution in [0.1, 0.15) is 33.6 Å². The second-order valence-corrected chi connectivity index (χ2v) is 4.07. The Morgan fingerprint density at radius 1 is 1.50 bits per heavy atom. The van der Waals surface area contributed by atoms with E-state index in [4.69, 9.17) is 9.84 Å². The minimum Gasteiger partial charge on any atom is -0.463 e. The van der Waals surface area contributed by atoms with E-state index < -0.39 is 0 Å². The van der Waals surface area contributed by atoms with E-state index in [0.29, 0.717) is 25.1 Å². The number of nitrogens with one attached hydrogen (secondary N) is 1. The number of carbonyl (C=O) groups is 1. The van der Waals surface area contributed by atoms with Crippen molar-refractivity contribution in [1.29, 1.82) is 0 Å². The van der Waals surface area contributed by atoms with Crippen LogP contribution in [0.3, 0.4) is 0 Å². The summed E-state index contributed by atoms with van der Waals surface area (Å²) in [5.74, 6) is -0.363. The lowest BCUT2D eigenvalue weighted by Gasteiger charge is -2.29. The van der Waals surface area contributed by atoms with Gasteiger partial charge in [-0.15, -0.1) is 0 Å². The Morgan fingerprint density at radius 3 is 2.56 bits per heavy atom. The first kappa shape index (κ1) is 15.1. The number of carbonyl (C=O) groups excluding carboxylic acids is 1. The van der Waals surface area contributed by atoms with Gasteiger partial charge in [-0.25, -0.2) is 4.79 Å². The number of ether oxygens (including phenoxy) is 1. The predicted octanol–water partition coefficient (Wildman–Crippen LogP) is 1.25. The van der Waals surface area contributed by atoms with Gasteiger partial charge in [0.2, 0.25) is 0 Å². The molecule has 0 saturated carbocycles. The Kier molecular flexibility index (Phi) is 7.01. The third kappa shape index (κ3) is 5.28. The van der Waals surface area contributed by atoms with Gasteiger partial charge >= 0.3 is 5.97 Å². The topological polar surface area (TPSA) is 58.6 Å². The van der Waals surface area contributed by atoms with Gasteiger partial charge < -0.3 is 15.2 Å². The third-order valence-corrected chi connectivity index (χ3v) is 2.74. The molecule has 0 radical (unpaired) electrons. The summed E-state index contributed by atoms with van der Waals surface area (Å²) in [6.45, 7) is 10.4. The van der Waals surface area contributed by atoms with Crippen LogP contribution < -0.4 is 5.32 Å². The van der Waals surface area contributed by atoms with Gasteiger partial charge in [-0.3, -0.25) is 0 Å². The zero-order valence-corrected chi connectivity index (χ0v) is 10.5. The first-order valence-electron chi connectivity index (χ1n) is 5.70. The van der Waals surface area contributed by atoms with Crippen molar-refractivity contribution in [3.8, 4) is 0 Å². The number of aliphatic hydroxyl groups is 1. The molecule has 0 fully saturated rings. The molecule has 0 saturated heterocycles. The fourth-order valence-electron chi connectivity index (χ4n) is 1.26. The van der Waals surface area contributed by atoms with E-state index in [1.807, 2.05) is 13.8 Å². The molecule has 0 aromatic carbocycles. The molecule has 2 N–H and O–H groups in total. The molecule has 0 aromatic heterocycles. The zero-order chi connectivity index (χ0) is 12.6. The van der Waals surface area contributed by atoms with Gasteiger partial charge in [-0.05, 0) is 26.7 Å². The molecule has 4 heteroatoms. The Labute approximate surface area is 97.7 Å². The van der Waals surface area contributed by atoms with Gasteiger partial charge in [0.25, 0.3) is 0 Å². The molecule has 1 unspecified atom stereocenters. The van der Waals surface area contributed by atoms with Crippen LogP contribution in [0.5, 0.6) is 0 Å². The number of hydrogen-bond acceptors (Lipinski definition) is 4. The highest BCUT2D eigenvalue weighted by atomic mass is 16.5. The lowest BCUT2D eigenvalue weighted by atomic mass is 9.94. The van der Waals surface area contributed by atoms with Crippen LogP contribution in [0.2, 0.25) is 0 Å². The van der Waals surface area contributed by atoms with Gasteiger partial charge in [0.15, 0.2) is 0 Å². The molecule has 0 amide bonds. The summed E-state index contributed by atoms with van der Waals surface area (Å²) >= 11 is 0. The van der Waals surface area contributed by atoms with E-state index in [1.165, 1.54) is 0 Å². The average Bonchev–Trinajstić information content (AvgIpc) is 2.26. The lowest BCUT2D eigenvalue weighted by molar-refractivity contribution is -0.138. The number of hydrogen-bond donors (Lipinski definition) is 2. The van der Waals surface area contributed by atoms with Gasteiger partial charge in [0.05, 0.1) is 6.61 Å². The van der Waals surface area contributed by atoms with Crippen molar-refractivity contribution in [2.75, 3.05) is 19.8 Å². The second-order valence-electron chi connectivity index (χ2n) is 4.07. The number of aliphatic hydroxyl groups excluding tert-OH is 1. The summed E-state index contributed by atoms with van der Waals surface area (Å²) in [6.07, 6.45) is 1.53. The van der Waals surface area contributed by atoms with Crippen molar-refractivity contribution < 1.29 is 14.6 Å². The molecule has 1 atom stereocenters. The van der Waals surface area contributed by atoms with Crippen molar-refractivity contribution in [3.63, 3.8) is 0 Å². The van der Waals surface area contributed by atoms with Gasteiger partial charge in [0, 0.05) is 24.3 Å². The Bertz CT molecular complexity index is 240. The maximum atomic E-state index is 11.3. The van der Waals surface area contributed by atoms with Crippen molar-refractivity contribution >= 4 is 5.97 Å². The normalized spacial score (nSPS) is 14.2. The summed E-state index contributed by atoms with van der Waals surface area (Å²) in [5, 5.41) is 12.2.